The Kier molecular flexibility index (Phi) is 3.76. The molecule has 0 atom stereocenters. The Hall–Kier alpha value is -1.39. The van der Waals surface area contributed by atoms with Crippen LogP contribution < -0.4 is 5.32 Å². The van der Waals surface area contributed by atoms with Gasteiger partial charge in [-0.15, -0.1) is 0 Å². The maximum absolute atomic E-state index is 12.8. The molecule has 17 heavy (non-hydrogen) atoms. The molecule has 0 unspecified atom stereocenters. The van der Waals surface area contributed by atoms with E-state index in [4.69, 9.17) is 11.6 Å². The molecular formula is C12H13ClFN3. The Balaban J connectivity index is 1.92. The van der Waals surface area contributed by atoms with Crippen molar-refractivity contribution in [1.82, 2.24) is 15.1 Å². The van der Waals surface area contributed by atoms with Gasteiger partial charge in [0.05, 0.1) is 5.69 Å². The zero-order chi connectivity index (χ0) is 12.3. The Morgan fingerprint density at radius 2 is 2.18 bits per heavy atom. The number of benzene rings is 1. The van der Waals surface area contributed by atoms with Gasteiger partial charge in [-0.2, -0.15) is 5.10 Å². The molecule has 1 aromatic heterocycles. The predicted molar refractivity (Wildman–Crippen MR) is 65.2 cm³/mol. The van der Waals surface area contributed by atoms with E-state index in [1.807, 2.05) is 13.1 Å². The molecule has 0 aliphatic heterocycles. The zero-order valence-electron chi connectivity index (χ0n) is 9.45. The minimum absolute atomic E-state index is 0.314. The van der Waals surface area contributed by atoms with Crippen LogP contribution in [0.25, 0.3) is 0 Å². The number of nitrogens with one attached hydrogen (secondary N) is 1. The Labute approximate surface area is 104 Å². The molecule has 2 rings (SSSR count). The molecule has 1 aromatic carbocycles. The second kappa shape index (κ2) is 5.29. The highest BCUT2D eigenvalue weighted by Gasteiger charge is 2.02. The van der Waals surface area contributed by atoms with Crippen LogP contribution in [-0.4, -0.2) is 9.78 Å². The van der Waals surface area contributed by atoms with Crippen molar-refractivity contribution in [3.63, 3.8) is 0 Å². The summed E-state index contributed by atoms with van der Waals surface area (Å²) >= 11 is 5.92. The predicted octanol–water partition coefficient (Wildman–Crippen LogP) is 2.50. The SMILES string of the molecule is Cn1nccc1CNCc1ccc(F)cc1Cl. The van der Waals surface area contributed by atoms with Gasteiger partial charge in [-0.3, -0.25) is 4.68 Å². The van der Waals surface area contributed by atoms with E-state index >= 15 is 0 Å². The van der Waals surface area contributed by atoms with E-state index in [0.29, 0.717) is 18.1 Å². The molecule has 90 valence electrons. The summed E-state index contributed by atoms with van der Waals surface area (Å²) in [5, 5.41) is 7.76. The van der Waals surface area contributed by atoms with Crippen molar-refractivity contribution in [1.29, 1.82) is 0 Å². The van der Waals surface area contributed by atoms with Crippen molar-refractivity contribution in [2.45, 2.75) is 13.1 Å². The van der Waals surface area contributed by atoms with Crippen molar-refractivity contribution >= 4 is 11.6 Å². The highest BCUT2D eigenvalue weighted by atomic mass is 35.5. The monoisotopic (exact) mass is 253 g/mol. The first-order chi connectivity index (χ1) is 8.16. The van der Waals surface area contributed by atoms with Crippen LogP contribution in [0.2, 0.25) is 5.02 Å². The van der Waals surface area contributed by atoms with Crippen LogP contribution in [0.5, 0.6) is 0 Å². The molecule has 0 aliphatic rings. The maximum Gasteiger partial charge on any atom is 0.124 e. The van der Waals surface area contributed by atoms with E-state index in [9.17, 15) is 4.39 Å². The number of hydrogen-bond donors (Lipinski definition) is 1. The van der Waals surface area contributed by atoms with Gasteiger partial charge >= 0.3 is 0 Å². The molecule has 0 radical (unpaired) electrons. The molecule has 0 spiro atoms. The summed E-state index contributed by atoms with van der Waals surface area (Å²) in [5.41, 5.74) is 1.97. The maximum atomic E-state index is 12.8. The standard InChI is InChI=1S/C12H13ClFN3/c1-17-11(4-5-16-17)8-15-7-9-2-3-10(14)6-12(9)13/h2-6,15H,7-8H2,1H3. The van der Waals surface area contributed by atoms with Gasteiger partial charge in [0.2, 0.25) is 0 Å². The van der Waals surface area contributed by atoms with Gasteiger partial charge in [-0.1, -0.05) is 17.7 Å². The first-order valence-electron chi connectivity index (χ1n) is 5.28. The van der Waals surface area contributed by atoms with Crippen LogP contribution in [0.15, 0.2) is 30.5 Å². The summed E-state index contributed by atoms with van der Waals surface area (Å²) in [4.78, 5) is 0. The minimum Gasteiger partial charge on any atom is -0.307 e. The molecule has 2 aromatic rings. The Morgan fingerprint density at radius 1 is 1.35 bits per heavy atom. The number of aryl methyl sites for hydroxylation is 1. The zero-order valence-corrected chi connectivity index (χ0v) is 10.2. The minimum atomic E-state index is -0.314. The summed E-state index contributed by atoms with van der Waals surface area (Å²) in [7, 11) is 1.89. The van der Waals surface area contributed by atoms with Gasteiger partial charge in [0.15, 0.2) is 0 Å². The highest BCUT2D eigenvalue weighted by Crippen LogP contribution is 2.16. The third kappa shape index (κ3) is 3.05. The van der Waals surface area contributed by atoms with Crippen molar-refractivity contribution in [2.75, 3.05) is 0 Å². The second-order valence-corrected chi connectivity index (χ2v) is 4.19. The molecule has 1 N–H and O–H groups in total. The van der Waals surface area contributed by atoms with Gasteiger partial charge in [0.25, 0.3) is 0 Å². The van der Waals surface area contributed by atoms with Crippen LogP contribution in [0, 0.1) is 5.82 Å². The molecule has 0 saturated heterocycles. The summed E-state index contributed by atoms with van der Waals surface area (Å²) in [6, 6.07) is 6.36. The van der Waals surface area contributed by atoms with E-state index in [1.165, 1.54) is 12.1 Å². The van der Waals surface area contributed by atoms with Gasteiger partial charge in [-0.05, 0) is 23.8 Å². The van der Waals surface area contributed by atoms with Crippen molar-refractivity contribution in [3.05, 3.63) is 52.6 Å². The number of hydrogen-bond acceptors (Lipinski definition) is 2. The molecule has 3 nitrogen and oxygen atoms in total. The number of rotatable bonds is 4. The van der Waals surface area contributed by atoms with Gasteiger partial charge in [0, 0.05) is 31.4 Å². The average molecular weight is 254 g/mol. The van der Waals surface area contributed by atoms with Crippen molar-refractivity contribution in [3.8, 4) is 0 Å². The van der Waals surface area contributed by atoms with Gasteiger partial charge in [-0.25, -0.2) is 4.39 Å². The van der Waals surface area contributed by atoms with E-state index in [1.54, 1.807) is 16.9 Å². The van der Waals surface area contributed by atoms with E-state index in [0.717, 1.165) is 11.3 Å². The number of halogens is 2. The summed E-state index contributed by atoms with van der Waals surface area (Å²) < 4.78 is 14.6. The topological polar surface area (TPSA) is 29.9 Å². The fourth-order valence-corrected chi connectivity index (χ4v) is 1.80. The lowest BCUT2D eigenvalue weighted by Gasteiger charge is -2.07. The largest absolute Gasteiger partial charge is 0.307 e. The molecule has 0 saturated carbocycles. The third-order valence-corrected chi connectivity index (χ3v) is 2.91. The lowest BCUT2D eigenvalue weighted by molar-refractivity contribution is 0.617. The van der Waals surface area contributed by atoms with E-state index in [-0.39, 0.29) is 5.82 Å². The first-order valence-corrected chi connectivity index (χ1v) is 5.66. The van der Waals surface area contributed by atoms with Gasteiger partial charge < -0.3 is 5.32 Å². The number of aromatic nitrogens is 2. The van der Waals surface area contributed by atoms with E-state index < -0.39 is 0 Å². The fourth-order valence-electron chi connectivity index (χ4n) is 1.57. The molecular weight excluding hydrogens is 241 g/mol. The highest BCUT2D eigenvalue weighted by molar-refractivity contribution is 6.31. The smallest absolute Gasteiger partial charge is 0.124 e. The normalized spacial score (nSPS) is 10.8. The molecule has 5 heteroatoms. The molecule has 1 heterocycles. The molecule has 0 amide bonds. The first kappa shape index (κ1) is 12.1. The van der Waals surface area contributed by atoms with Gasteiger partial charge in [0.1, 0.15) is 5.82 Å². The average Bonchev–Trinajstić information content (AvgIpc) is 2.68. The second-order valence-electron chi connectivity index (χ2n) is 3.79. The molecule has 0 bridgehead atoms. The Bertz CT molecular complexity index is 510. The van der Waals surface area contributed by atoms with Crippen LogP contribution in [-0.2, 0) is 20.1 Å². The molecule has 0 fully saturated rings. The van der Waals surface area contributed by atoms with Crippen molar-refractivity contribution in [2.24, 2.45) is 7.05 Å². The summed E-state index contributed by atoms with van der Waals surface area (Å²) in [6.07, 6.45) is 1.75. The van der Waals surface area contributed by atoms with E-state index in [2.05, 4.69) is 10.4 Å². The van der Waals surface area contributed by atoms with Crippen LogP contribution in [0.3, 0.4) is 0 Å². The summed E-state index contributed by atoms with van der Waals surface area (Å²) in [5.74, 6) is -0.314. The van der Waals surface area contributed by atoms with Crippen LogP contribution >= 0.6 is 11.6 Å². The van der Waals surface area contributed by atoms with Crippen LogP contribution in [0.4, 0.5) is 4.39 Å². The lowest BCUT2D eigenvalue weighted by Crippen LogP contribution is -2.15. The quantitative estimate of drug-likeness (QED) is 0.907. The fraction of sp³-hybridized carbons (Fsp3) is 0.250. The Morgan fingerprint density at radius 3 is 2.82 bits per heavy atom. The van der Waals surface area contributed by atoms with Crippen LogP contribution in [0.1, 0.15) is 11.3 Å². The lowest BCUT2D eigenvalue weighted by atomic mass is 10.2. The summed E-state index contributed by atoms with van der Waals surface area (Å²) in [6.45, 7) is 1.30. The van der Waals surface area contributed by atoms with Crippen molar-refractivity contribution < 1.29 is 4.39 Å². The number of nitrogens with zero attached hydrogens (tertiary/aromatic N) is 2. The third-order valence-electron chi connectivity index (χ3n) is 2.56. The molecule has 0 aliphatic carbocycles.